The van der Waals surface area contributed by atoms with Crippen LogP contribution in [0.5, 0.6) is 5.75 Å². The summed E-state index contributed by atoms with van der Waals surface area (Å²) in [6, 6.07) is 5.87. The minimum atomic E-state index is -0.531. The van der Waals surface area contributed by atoms with Crippen molar-refractivity contribution in [2.45, 2.75) is 13.8 Å². The van der Waals surface area contributed by atoms with Crippen LogP contribution in [0.1, 0.15) is 32.1 Å². The monoisotopic (exact) mass is 319 g/mol. The lowest BCUT2D eigenvalue weighted by Gasteiger charge is -2.07. The van der Waals surface area contributed by atoms with Gasteiger partial charge in [-0.3, -0.25) is 4.79 Å². The normalized spacial score (nSPS) is 10.5. The van der Waals surface area contributed by atoms with Gasteiger partial charge in [-0.05, 0) is 31.5 Å². The number of esters is 1. The molecule has 0 amide bonds. The van der Waals surface area contributed by atoms with Gasteiger partial charge >= 0.3 is 5.97 Å². The molecule has 1 aromatic carbocycles. The number of nitrogens with zero attached hydrogens (tertiary/aromatic N) is 1. The lowest BCUT2D eigenvalue weighted by Crippen LogP contribution is -2.14. The van der Waals surface area contributed by atoms with Crippen LogP contribution in [0, 0.1) is 19.7 Å². The molecule has 0 fully saturated rings. The van der Waals surface area contributed by atoms with Crippen molar-refractivity contribution in [3.63, 3.8) is 0 Å². The average Bonchev–Trinajstić information content (AvgIpc) is 2.75. The topological polar surface area (TPSA) is 57.5 Å². The maximum atomic E-state index is 13.5. The average molecular weight is 319 g/mol. The Balaban J connectivity index is 2.27. The van der Waals surface area contributed by atoms with Crippen molar-refractivity contribution in [3.8, 4) is 5.75 Å². The summed E-state index contributed by atoms with van der Waals surface area (Å²) in [6.45, 7) is 3.10. The van der Waals surface area contributed by atoms with E-state index in [-0.39, 0.29) is 18.1 Å². The highest BCUT2D eigenvalue weighted by molar-refractivity contribution is 6.03. The van der Waals surface area contributed by atoms with Crippen molar-refractivity contribution < 1.29 is 23.5 Å². The highest BCUT2D eigenvalue weighted by Gasteiger charge is 2.25. The van der Waals surface area contributed by atoms with Gasteiger partial charge in [0, 0.05) is 18.3 Å². The number of rotatable bonds is 5. The molecule has 122 valence electrons. The molecular formula is C17H18FNO4. The lowest BCUT2D eigenvalue weighted by atomic mass is 10.1. The van der Waals surface area contributed by atoms with E-state index in [2.05, 4.69) is 0 Å². The molecule has 0 radical (unpaired) electrons. The molecule has 1 aromatic heterocycles. The second kappa shape index (κ2) is 6.64. The summed E-state index contributed by atoms with van der Waals surface area (Å²) in [6.07, 6.45) is 0. The summed E-state index contributed by atoms with van der Waals surface area (Å²) in [5.41, 5.74) is 1.87. The van der Waals surface area contributed by atoms with Crippen LogP contribution in [0.2, 0.25) is 0 Å². The third-order valence-corrected chi connectivity index (χ3v) is 3.78. The van der Waals surface area contributed by atoms with Gasteiger partial charge in [-0.15, -0.1) is 0 Å². The lowest BCUT2D eigenvalue weighted by molar-refractivity contribution is 0.0588. The minimum absolute atomic E-state index is 0.0141. The fraction of sp³-hybridized carbons (Fsp3) is 0.294. The van der Waals surface area contributed by atoms with Crippen LogP contribution in [0.3, 0.4) is 0 Å². The van der Waals surface area contributed by atoms with Crippen LogP contribution in [0.25, 0.3) is 0 Å². The molecule has 23 heavy (non-hydrogen) atoms. The summed E-state index contributed by atoms with van der Waals surface area (Å²) >= 11 is 0. The summed E-state index contributed by atoms with van der Waals surface area (Å²) in [7, 11) is 2.97. The van der Waals surface area contributed by atoms with Gasteiger partial charge in [0.15, 0.2) is 18.2 Å². The van der Waals surface area contributed by atoms with Crippen LogP contribution in [0.15, 0.2) is 24.3 Å². The number of ketones is 1. The predicted octanol–water partition coefficient (Wildman–Crippen LogP) is 2.83. The molecule has 2 aromatic rings. The first kappa shape index (κ1) is 16.7. The number of methoxy groups -OCH3 is 1. The van der Waals surface area contributed by atoms with Crippen LogP contribution in [-0.2, 0) is 11.8 Å². The second-order valence-corrected chi connectivity index (χ2v) is 5.13. The Morgan fingerprint density at radius 2 is 1.87 bits per heavy atom. The largest absolute Gasteiger partial charge is 0.482 e. The number of halogens is 1. The van der Waals surface area contributed by atoms with Crippen LogP contribution in [-0.4, -0.2) is 30.0 Å². The van der Waals surface area contributed by atoms with Crippen LogP contribution < -0.4 is 4.74 Å². The molecule has 0 spiro atoms. The highest BCUT2D eigenvalue weighted by atomic mass is 19.1. The number of ether oxygens (including phenoxy) is 2. The third kappa shape index (κ3) is 3.11. The van der Waals surface area contributed by atoms with E-state index in [4.69, 9.17) is 9.47 Å². The van der Waals surface area contributed by atoms with Crippen molar-refractivity contribution >= 4 is 11.8 Å². The molecule has 1 heterocycles. The van der Waals surface area contributed by atoms with Gasteiger partial charge in [-0.1, -0.05) is 12.1 Å². The zero-order valence-electron chi connectivity index (χ0n) is 13.5. The van der Waals surface area contributed by atoms with Crippen molar-refractivity contribution in [3.05, 3.63) is 52.6 Å². The quantitative estimate of drug-likeness (QED) is 0.628. The molecule has 0 aliphatic heterocycles. The first-order valence-corrected chi connectivity index (χ1v) is 7.03. The number of Topliss-reactive ketones (excluding diaryl/α,β-unsaturated/α-hetero) is 1. The molecule has 0 bridgehead atoms. The Hall–Kier alpha value is -2.63. The maximum Gasteiger partial charge on any atom is 0.354 e. The Kier molecular flexibility index (Phi) is 4.83. The molecule has 0 unspecified atom stereocenters. The van der Waals surface area contributed by atoms with E-state index >= 15 is 0 Å². The predicted molar refractivity (Wildman–Crippen MR) is 82.5 cm³/mol. The van der Waals surface area contributed by atoms with Crippen molar-refractivity contribution in [2.75, 3.05) is 13.7 Å². The molecule has 2 rings (SSSR count). The van der Waals surface area contributed by atoms with E-state index in [1.807, 2.05) is 0 Å². The SMILES string of the molecule is COC(=O)c1c(C)c(C(=O)COc2ccccc2F)c(C)n1C. The number of hydrogen-bond acceptors (Lipinski definition) is 4. The highest BCUT2D eigenvalue weighted by Crippen LogP contribution is 2.23. The Labute approximate surface area is 133 Å². The van der Waals surface area contributed by atoms with Gasteiger partial charge in [0.1, 0.15) is 5.69 Å². The van der Waals surface area contributed by atoms with Crippen molar-refractivity contribution in [1.82, 2.24) is 4.57 Å². The summed E-state index contributed by atoms with van der Waals surface area (Å²) in [5.74, 6) is -1.35. The van der Waals surface area contributed by atoms with Gasteiger partial charge in [0.2, 0.25) is 5.78 Å². The number of benzene rings is 1. The zero-order chi connectivity index (χ0) is 17.1. The number of carbonyl (C=O) groups excluding carboxylic acids is 2. The van der Waals surface area contributed by atoms with E-state index < -0.39 is 11.8 Å². The van der Waals surface area contributed by atoms with E-state index in [9.17, 15) is 14.0 Å². The fourth-order valence-electron chi connectivity index (χ4n) is 2.55. The summed E-state index contributed by atoms with van der Waals surface area (Å²) in [4.78, 5) is 24.3. The fourth-order valence-corrected chi connectivity index (χ4v) is 2.55. The van der Waals surface area contributed by atoms with E-state index in [0.717, 1.165) is 0 Å². The summed E-state index contributed by atoms with van der Waals surface area (Å²) in [5, 5.41) is 0. The zero-order valence-corrected chi connectivity index (χ0v) is 13.5. The molecule has 5 nitrogen and oxygen atoms in total. The van der Waals surface area contributed by atoms with Crippen molar-refractivity contribution in [2.24, 2.45) is 7.05 Å². The first-order valence-electron chi connectivity index (χ1n) is 7.03. The number of carbonyl (C=O) groups is 2. The number of para-hydroxylation sites is 1. The molecule has 6 heteroatoms. The van der Waals surface area contributed by atoms with Gasteiger partial charge in [0.05, 0.1) is 7.11 Å². The Morgan fingerprint density at radius 1 is 1.22 bits per heavy atom. The standard InChI is InChI=1S/C17H18FNO4/c1-10-15(11(2)19(3)16(10)17(21)22-4)13(20)9-23-14-8-6-5-7-12(14)18/h5-8H,9H2,1-4H3. The summed E-state index contributed by atoms with van der Waals surface area (Å²) < 4.78 is 25.1. The maximum absolute atomic E-state index is 13.5. The molecule has 0 N–H and O–H groups in total. The molecule has 0 saturated carbocycles. The second-order valence-electron chi connectivity index (χ2n) is 5.13. The van der Waals surface area contributed by atoms with Gasteiger partial charge in [-0.2, -0.15) is 0 Å². The molecule has 0 aliphatic rings. The number of aromatic nitrogens is 1. The van der Waals surface area contributed by atoms with E-state index in [0.29, 0.717) is 22.5 Å². The molecule has 0 saturated heterocycles. The van der Waals surface area contributed by atoms with Gasteiger partial charge < -0.3 is 14.0 Å². The van der Waals surface area contributed by atoms with E-state index in [1.54, 1.807) is 31.5 Å². The third-order valence-electron chi connectivity index (χ3n) is 3.78. The molecular weight excluding hydrogens is 301 g/mol. The molecule has 0 aliphatic carbocycles. The Bertz CT molecular complexity index is 764. The van der Waals surface area contributed by atoms with E-state index in [1.165, 1.54) is 25.3 Å². The van der Waals surface area contributed by atoms with Gasteiger partial charge in [-0.25, -0.2) is 9.18 Å². The molecule has 0 atom stereocenters. The van der Waals surface area contributed by atoms with Gasteiger partial charge in [0.25, 0.3) is 0 Å². The van der Waals surface area contributed by atoms with Crippen molar-refractivity contribution in [1.29, 1.82) is 0 Å². The Morgan fingerprint density at radius 3 is 2.48 bits per heavy atom. The smallest absolute Gasteiger partial charge is 0.354 e. The first-order chi connectivity index (χ1) is 10.9. The van der Waals surface area contributed by atoms with Crippen LogP contribution >= 0.6 is 0 Å². The van der Waals surface area contributed by atoms with Crippen LogP contribution in [0.4, 0.5) is 4.39 Å². The minimum Gasteiger partial charge on any atom is -0.482 e. The number of hydrogen-bond donors (Lipinski definition) is 0.